The lowest BCUT2D eigenvalue weighted by molar-refractivity contribution is -0.142. The fourth-order valence-corrected chi connectivity index (χ4v) is 1.98. The molecule has 0 unspecified atom stereocenters. The molecule has 0 fully saturated rings. The second-order valence-electron chi connectivity index (χ2n) is 4.84. The van der Waals surface area contributed by atoms with Crippen LogP contribution < -0.4 is 10.1 Å². The summed E-state index contributed by atoms with van der Waals surface area (Å²) in [5.74, 6) is -0.930. The van der Waals surface area contributed by atoms with Crippen LogP contribution in [0.25, 0.3) is 0 Å². The number of carbonyl (C=O) groups excluding carboxylic acids is 3. The molecule has 0 bridgehead atoms. The average molecular weight is 323 g/mol. The van der Waals surface area contributed by atoms with Crippen LogP contribution in [0.4, 0.5) is 0 Å². The van der Waals surface area contributed by atoms with Crippen molar-refractivity contribution in [3.8, 4) is 5.75 Å². The number of benzene rings is 1. The van der Waals surface area contributed by atoms with Crippen molar-refractivity contribution >= 4 is 17.7 Å². The molecule has 0 saturated carbocycles. The number of esters is 2. The number of hydrogen-bond donors (Lipinski definition) is 1. The van der Waals surface area contributed by atoms with Crippen LogP contribution in [0.5, 0.6) is 5.75 Å². The number of carbonyl (C=O) groups is 3. The Morgan fingerprint density at radius 3 is 2.39 bits per heavy atom. The molecule has 0 aliphatic heterocycles. The molecule has 126 valence electrons. The van der Waals surface area contributed by atoms with E-state index in [0.29, 0.717) is 6.42 Å². The zero-order valence-corrected chi connectivity index (χ0v) is 13.7. The summed E-state index contributed by atoms with van der Waals surface area (Å²) < 4.78 is 14.5. The Hall–Kier alpha value is -2.41. The molecule has 1 atom stereocenters. The highest BCUT2D eigenvalue weighted by atomic mass is 16.6. The summed E-state index contributed by atoms with van der Waals surface area (Å²) in [5.41, 5.74) is 0.956. The molecule has 1 aromatic carbocycles. The first-order valence-corrected chi connectivity index (χ1v) is 7.01. The Kier molecular flexibility index (Phi) is 7.21. The molecule has 0 saturated heterocycles. The molecule has 7 nitrogen and oxygen atoms in total. The lowest BCUT2D eigenvalue weighted by Crippen LogP contribution is -2.34. The summed E-state index contributed by atoms with van der Waals surface area (Å²) in [7, 11) is 4.20. The predicted molar refractivity (Wildman–Crippen MR) is 82.5 cm³/mol. The number of Topliss-reactive ketones (excluding diaryl/α,β-unsaturated/α-hetero) is 1. The molecule has 1 aromatic rings. The van der Waals surface area contributed by atoms with Crippen molar-refractivity contribution in [3.05, 3.63) is 29.3 Å². The van der Waals surface area contributed by atoms with Crippen molar-refractivity contribution in [3.63, 3.8) is 0 Å². The first kappa shape index (κ1) is 18.6. The highest BCUT2D eigenvalue weighted by Crippen LogP contribution is 2.22. The Morgan fingerprint density at radius 1 is 1.17 bits per heavy atom. The second-order valence-corrected chi connectivity index (χ2v) is 4.84. The first-order valence-electron chi connectivity index (χ1n) is 7.01. The minimum atomic E-state index is -0.587. The van der Waals surface area contributed by atoms with Gasteiger partial charge in [0.05, 0.1) is 20.3 Å². The highest BCUT2D eigenvalue weighted by Gasteiger charge is 2.18. The second kappa shape index (κ2) is 8.89. The SMILES string of the molecule is CN[C@@H](Cc1ccc(OCC(=O)OC)c(C(=O)OC)c1)C(C)=O. The van der Waals surface area contributed by atoms with Crippen LogP contribution in [0.2, 0.25) is 0 Å². The fraction of sp³-hybridized carbons (Fsp3) is 0.438. The number of methoxy groups -OCH3 is 2. The third-order valence-electron chi connectivity index (χ3n) is 3.30. The van der Waals surface area contributed by atoms with Gasteiger partial charge in [0.2, 0.25) is 0 Å². The first-order chi connectivity index (χ1) is 10.9. The van der Waals surface area contributed by atoms with Gasteiger partial charge in [-0.05, 0) is 38.1 Å². The minimum Gasteiger partial charge on any atom is -0.481 e. The molecule has 0 spiro atoms. The number of likely N-dealkylation sites (N-methyl/N-ethyl adjacent to an activating group) is 1. The van der Waals surface area contributed by atoms with E-state index in [1.165, 1.54) is 21.1 Å². The van der Waals surface area contributed by atoms with Gasteiger partial charge in [-0.25, -0.2) is 9.59 Å². The number of hydrogen-bond acceptors (Lipinski definition) is 7. The fourth-order valence-electron chi connectivity index (χ4n) is 1.98. The van der Waals surface area contributed by atoms with Gasteiger partial charge in [0.1, 0.15) is 17.1 Å². The van der Waals surface area contributed by atoms with Crippen LogP contribution in [0, 0.1) is 0 Å². The van der Waals surface area contributed by atoms with Gasteiger partial charge in [0.15, 0.2) is 6.61 Å². The summed E-state index contributed by atoms with van der Waals surface area (Å²) in [6, 6.07) is 4.54. The predicted octanol–water partition coefficient (Wildman–Crippen LogP) is 0.744. The summed E-state index contributed by atoms with van der Waals surface area (Å²) in [6.07, 6.45) is 0.424. The zero-order valence-electron chi connectivity index (χ0n) is 13.7. The summed E-state index contributed by atoms with van der Waals surface area (Å²) in [5, 5.41) is 2.92. The third-order valence-corrected chi connectivity index (χ3v) is 3.30. The van der Waals surface area contributed by atoms with Gasteiger partial charge >= 0.3 is 11.9 Å². The number of nitrogens with one attached hydrogen (secondary N) is 1. The van der Waals surface area contributed by atoms with Crippen molar-refractivity contribution in [2.45, 2.75) is 19.4 Å². The molecule has 7 heteroatoms. The number of ketones is 1. The van der Waals surface area contributed by atoms with E-state index in [1.807, 2.05) is 0 Å². The molecular formula is C16H21NO6. The van der Waals surface area contributed by atoms with Gasteiger partial charge in [-0.1, -0.05) is 6.07 Å². The molecule has 0 aliphatic rings. The average Bonchev–Trinajstić information content (AvgIpc) is 2.56. The molecule has 23 heavy (non-hydrogen) atoms. The van der Waals surface area contributed by atoms with Gasteiger partial charge < -0.3 is 19.5 Å². The topological polar surface area (TPSA) is 90.9 Å². The Bertz CT molecular complexity index is 584. The van der Waals surface area contributed by atoms with E-state index in [-0.39, 0.29) is 29.7 Å². The van der Waals surface area contributed by atoms with Gasteiger partial charge in [0, 0.05) is 0 Å². The zero-order chi connectivity index (χ0) is 17.4. The van der Waals surface area contributed by atoms with E-state index < -0.39 is 11.9 Å². The largest absolute Gasteiger partial charge is 0.481 e. The molecule has 0 aromatic heterocycles. The molecule has 0 aliphatic carbocycles. The van der Waals surface area contributed by atoms with E-state index in [4.69, 9.17) is 9.47 Å². The molecular weight excluding hydrogens is 302 g/mol. The van der Waals surface area contributed by atoms with Crippen LogP contribution in [0.1, 0.15) is 22.8 Å². The smallest absolute Gasteiger partial charge is 0.343 e. The van der Waals surface area contributed by atoms with Crippen LogP contribution in [-0.4, -0.2) is 51.6 Å². The maximum absolute atomic E-state index is 11.9. The van der Waals surface area contributed by atoms with Crippen molar-refractivity contribution < 1.29 is 28.6 Å². The third kappa shape index (κ3) is 5.37. The molecule has 0 radical (unpaired) electrons. The lowest BCUT2D eigenvalue weighted by Gasteiger charge is -2.15. The van der Waals surface area contributed by atoms with E-state index in [0.717, 1.165) is 5.56 Å². The Morgan fingerprint density at radius 2 is 1.87 bits per heavy atom. The normalized spacial score (nSPS) is 11.5. The Balaban J connectivity index is 3.03. The molecule has 1 N–H and O–H groups in total. The summed E-state index contributed by atoms with van der Waals surface area (Å²) >= 11 is 0. The lowest BCUT2D eigenvalue weighted by atomic mass is 10.0. The van der Waals surface area contributed by atoms with E-state index in [1.54, 1.807) is 25.2 Å². The van der Waals surface area contributed by atoms with Gasteiger partial charge in [-0.2, -0.15) is 0 Å². The maximum atomic E-state index is 11.9. The van der Waals surface area contributed by atoms with Crippen LogP contribution in [0.3, 0.4) is 0 Å². The molecule has 0 heterocycles. The van der Waals surface area contributed by atoms with Gasteiger partial charge in [-0.15, -0.1) is 0 Å². The number of ether oxygens (including phenoxy) is 3. The van der Waals surface area contributed by atoms with Crippen LogP contribution in [0.15, 0.2) is 18.2 Å². The quantitative estimate of drug-likeness (QED) is 0.706. The molecule has 1 rings (SSSR count). The Labute approximate surface area is 134 Å². The summed E-state index contributed by atoms with van der Waals surface area (Å²) in [6.45, 7) is 1.18. The van der Waals surface area contributed by atoms with Crippen molar-refractivity contribution in [2.24, 2.45) is 0 Å². The monoisotopic (exact) mass is 323 g/mol. The van der Waals surface area contributed by atoms with Crippen molar-refractivity contribution in [1.82, 2.24) is 5.32 Å². The summed E-state index contributed by atoms with van der Waals surface area (Å²) in [4.78, 5) is 34.5. The number of rotatable bonds is 8. The van der Waals surface area contributed by atoms with Gasteiger partial charge in [-0.3, -0.25) is 4.79 Å². The maximum Gasteiger partial charge on any atom is 0.343 e. The van der Waals surface area contributed by atoms with E-state index in [9.17, 15) is 14.4 Å². The molecule has 0 amide bonds. The van der Waals surface area contributed by atoms with Crippen molar-refractivity contribution in [2.75, 3.05) is 27.9 Å². The highest BCUT2D eigenvalue weighted by molar-refractivity contribution is 5.93. The van der Waals surface area contributed by atoms with Gasteiger partial charge in [0.25, 0.3) is 0 Å². The van der Waals surface area contributed by atoms with Crippen molar-refractivity contribution in [1.29, 1.82) is 0 Å². The standard InChI is InChI=1S/C16H21NO6/c1-10(18)13(17-2)8-11-5-6-14(23-9-15(19)21-3)12(7-11)16(20)22-4/h5-7,13,17H,8-9H2,1-4H3/t13-/m0/s1. The minimum absolute atomic E-state index is 0.00173. The van der Waals surface area contributed by atoms with Crippen LogP contribution in [-0.2, 0) is 25.5 Å². The van der Waals surface area contributed by atoms with E-state index >= 15 is 0 Å². The van der Waals surface area contributed by atoms with E-state index in [2.05, 4.69) is 10.1 Å². The van der Waals surface area contributed by atoms with Crippen LogP contribution >= 0.6 is 0 Å².